The molecule has 0 spiro atoms. The monoisotopic (exact) mass is 355 g/mol. The largest absolute Gasteiger partial charge is 0.450 e. The molecule has 138 valence electrons. The standard InChI is InChI=1S/C19H25N5O2/c1-3-26-19(25)24-10-8-15(9-11-24)22-17-12-18(21-13-20-17)23-16-7-5-4-6-14(16)2/h4-7,12-13,15H,3,8-11H2,1-2H3,(H2,20,21,22,23). The Hall–Kier alpha value is -2.83. The molecule has 7 nitrogen and oxygen atoms in total. The SMILES string of the molecule is CCOC(=O)N1CCC(Nc2cc(Nc3ccccc3C)ncn2)CC1. The average molecular weight is 355 g/mol. The van der Waals surface area contributed by atoms with Crippen molar-refractivity contribution in [3.8, 4) is 0 Å². The molecular weight excluding hydrogens is 330 g/mol. The summed E-state index contributed by atoms with van der Waals surface area (Å²) in [5, 5.41) is 6.77. The van der Waals surface area contributed by atoms with Crippen LogP contribution in [-0.2, 0) is 4.74 Å². The molecule has 0 radical (unpaired) electrons. The van der Waals surface area contributed by atoms with E-state index in [-0.39, 0.29) is 12.1 Å². The zero-order chi connectivity index (χ0) is 18.4. The number of nitrogens with zero attached hydrogens (tertiary/aromatic N) is 3. The number of likely N-dealkylation sites (tertiary alicyclic amines) is 1. The highest BCUT2D eigenvalue weighted by molar-refractivity contribution is 5.67. The molecule has 7 heteroatoms. The van der Waals surface area contributed by atoms with Crippen LogP contribution >= 0.6 is 0 Å². The Morgan fingerprint density at radius 1 is 1.23 bits per heavy atom. The number of hydrogen-bond acceptors (Lipinski definition) is 6. The van der Waals surface area contributed by atoms with Crippen molar-refractivity contribution >= 4 is 23.4 Å². The predicted octanol–water partition coefficient (Wildman–Crippen LogP) is 3.56. The van der Waals surface area contributed by atoms with Crippen molar-refractivity contribution in [2.75, 3.05) is 30.3 Å². The van der Waals surface area contributed by atoms with Crippen molar-refractivity contribution in [2.45, 2.75) is 32.7 Å². The number of carbonyl (C=O) groups excluding carboxylic acids is 1. The molecule has 1 amide bonds. The number of aryl methyl sites for hydroxylation is 1. The first-order valence-electron chi connectivity index (χ1n) is 8.98. The zero-order valence-electron chi connectivity index (χ0n) is 15.2. The van der Waals surface area contributed by atoms with Crippen LogP contribution in [0.4, 0.5) is 22.1 Å². The molecule has 2 aromatic rings. The first kappa shape index (κ1) is 18.0. The molecule has 0 bridgehead atoms. The number of aromatic nitrogens is 2. The van der Waals surface area contributed by atoms with Crippen LogP contribution in [0.3, 0.4) is 0 Å². The lowest BCUT2D eigenvalue weighted by molar-refractivity contribution is 0.0983. The quantitative estimate of drug-likeness (QED) is 0.854. The van der Waals surface area contributed by atoms with Gasteiger partial charge in [0.25, 0.3) is 0 Å². The van der Waals surface area contributed by atoms with E-state index in [1.54, 1.807) is 11.2 Å². The minimum Gasteiger partial charge on any atom is -0.450 e. The van der Waals surface area contributed by atoms with Crippen LogP contribution in [0, 0.1) is 6.92 Å². The summed E-state index contributed by atoms with van der Waals surface area (Å²) in [5.41, 5.74) is 2.19. The molecule has 0 unspecified atom stereocenters. The van der Waals surface area contributed by atoms with E-state index in [2.05, 4.69) is 33.6 Å². The number of benzene rings is 1. The third-order valence-electron chi connectivity index (χ3n) is 4.45. The summed E-state index contributed by atoms with van der Waals surface area (Å²) in [6.45, 7) is 5.67. The number of hydrogen-bond donors (Lipinski definition) is 2. The van der Waals surface area contributed by atoms with Gasteiger partial charge in [-0.1, -0.05) is 18.2 Å². The number of rotatable bonds is 5. The van der Waals surface area contributed by atoms with Gasteiger partial charge in [-0.05, 0) is 38.3 Å². The highest BCUT2D eigenvalue weighted by Crippen LogP contribution is 2.21. The highest BCUT2D eigenvalue weighted by Gasteiger charge is 2.23. The first-order valence-corrected chi connectivity index (χ1v) is 8.98. The number of piperidine rings is 1. The van der Waals surface area contributed by atoms with Gasteiger partial charge in [0.15, 0.2) is 0 Å². The van der Waals surface area contributed by atoms with Crippen molar-refractivity contribution in [1.82, 2.24) is 14.9 Å². The maximum absolute atomic E-state index is 11.8. The predicted molar refractivity (Wildman–Crippen MR) is 102 cm³/mol. The summed E-state index contributed by atoms with van der Waals surface area (Å²) in [5.74, 6) is 1.53. The maximum Gasteiger partial charge on any atom is 0.409 e. The minimum absolute atomic E-state index is 0.224. The molecule has 1 aliphatic rings. The van der Waals surface area contributed by atoms with Gasteiger partial charge in [0.1, 0.15) is 18.0 Å². The number of amides is 1. The summed E-state index contributed by atoms with van der Waals surface area (Å²) in [7, 11) is 0. The van der Waals surface area contributed by atoms with E-state index in [0.717, 1.165) is 35.7 Å². The van der Waals surface area contributed by atoms with E-state index in [0.29, 0.717) is 19.7 Å². The van der Waals surface area contributed by atoms with Gasteiger partial charge in [-0.15, -0.1) is 0 Å². The second-order valence-electron chi connectivity index (χ2n) is 6.33. The third-order valence-corrected chi connectivity index (χ3v) is 4.45. The van der Waals surface area contributed by atoms with Crippen LogP contribution in [0.15, 0.2) is 36.7 Å². The fraction of sp³-hybridized carbons (Fsp3) is 0.421. The van der Waals surface area contributed by atoms with Gasteiger partial charge in [0, 0.05) is 30.9 Å². The summed E-state index contributed by atoms with van der Waals surface area (Å²) < 4.78 is 5.05. The summed E-state index contributed by atoms with van der Waals surface area (Å²) in [6.07, 6.45) is 3.06. The number of anilines is 3. The molecular formula is C19H25N5O2. The molecule has 26 heavy (non-hydrogen) atoms. The summed E-state index contributed by atoms with van der Waals surface area (Å²) >= 11 is 0. The Morgan fingerprint density at radius 2 is 1.96 bits per heavy atom. The van der Waals surface area contributed by atoms with E-state index in [9.17, 15) is 4.79 Å². The Balaban J connectivity index is 1.56. The van der Waals surface area contributed by atoms with Crippen molar-refractivity contribution in [3.63, 3.8) is 0 Å². The lowest BCUT2D eigenvalue weighted by atomic mass is 10.1. The van der Waals surface area contributed by atoms with Crippen molar-refractivity contribution in [1.29, 1.82) is 0 Å². The summed E-state index contributed by atoms with van der Waals surface area (Å²) in [6, 6.07) is 10.3. The van der Waals surface area contributed by atoms with Gasteiger partial charge >= 0.3 is 6.09 Å². The van der Waals surface area contributed by atoms with Crippen LogP contribution in [-0.4, -0.2) is 46.7 Å². The fourth-order valence-corrected chi connectivity index (χ4v) is 2.99. The molecule has 1 fully saturated rings. The first-order chi connectivity index (χ1) is 12.7. The van der Waals surface area contributed by atoms with Crippen molar-refractivity contribution in [3.05, 3.63) is 42.2 Å². The highest BCUT2D eigenvalue weighted by atomic mass is 16.6. The van der Waals surface area contributed by atoms with Crippen molar-refractivity contribution in [2.24, 2.45) is 0 Å². The number of nitrogens with one attached hydrogen (secondary N) is 2. The van der Waals surface area contributed by atoms with Gasteiger partial charge in [-0.3, -0.25) is 0 Å². The lowest BCUT2D eigenvalue weighted by Gasteiger charge is -2.31. The Labute approximate surface area is 153 Å². The smallest absolute Gasteiger partial charge is 0.409 e. The molecule has 1 aliphatic heterocycles. The van der Waals surface area contributed by atoms with E-state index in [4.69, 9.17) is 4.74 Å². The van der Waals surface area contributed by atoms with Crippen LogP contribution in [0.5, 0.6) is 0 Å². The van der Waals surface area contributed by atoms with Crippen LogP contribution < -0.4 is 10.6 Å². The van der Waals surface area contributed by atoms with E-state index in [1.807, 2.05) is 31.2 Å². The Bertz CT molecular complexity index is 744. The molecule has 2 heterocycles. The van der Waals surface area contributed by atoms with E-state index < -0.39 is 0 Å². The number of carbonyl (C=O) groups is 1. The second-order valence-corrected chi connectivity index (χ2v) is 6.33. The normalized spacial score (nSPS) is 14.8. The molecule has 0 aliphatic carbocycles. The zero-order valence-corrected chi connectivity index (χ0v) is 15.2. The lowest BCUT2D eigenvalue weighted by Crippen LogP contribution is -2.42. The van der Waals surface area contributed by atoms with E-state index in [1.165, 1.54) is 0 Å². The Kier molecular flexibility index (Phi) is 5.88. The minimum atomic E-state index is -0.224. The van der Waals surface area contributed by atoms with Gasteiger partial charge in [-0.2, -0.15) is 0 Å². The van der Waals surface area contributed by atoms with Crippen LogP contribution in [0.25, 0.3) is 0 Å². The molecule has 1 aromatic heterocycles. The number of ether oxygens (including phenoxy) is 1. The maximum atomic E-state index is 11.8. The molecule has 3 rings (SSSR count). The third kappa shape index (κ3) is 4.62. The molecule has 0 saturated carbocycles. The molecule has 1 aromatic carbocycles. The molecule has 2 N–H and O–H groups in total. The van der Waals surface area contributed by atoms with Crippen molar-refractivity contribution < 1.29 is 9.53 Å². The van der Waals surface area contributed by atoms with Gasteiger partial charge < -0.3 is 20.3 Å². The molecule has 1 saturated heterocycles. The average Bonchev–Trinajstić information content (AvgIpc) is 2.65. The van der Waals surface area contributed by atoms with Gasteiger partial charge in [-0.25, -0.2) is 14.8 Å². The van der Waals surface area contributed by atoms with Crippen LogP contribution in [0.2, 0.25) is 0 Å². The number of para-hydroxylation sites is 1. The van der Waals surface area contributed by atoms with Gasteiger partial charge in [0.05, 0.1) is 6.61 Å². The van der Waals surface area contributed by atoms with E-state index >= 15 is 0 Å². The molecule has 0 atom stereocenters. The second kappa shape index (κ2) is 8.51. The Morgan fingerprint density at radius 3 is 2.69 bits per heavy atom. The summed E-state index contributed by atoms with van der Waals surface area (Å²) in [4.78, 5) is 22.1. The van der Waals surface area contributed by atoms with Crippen LogP contribution in [0.1, 0.15) is 25.3 Å². The fourth-order valence-electron chi connectivity index (χ4n) is 2.99. The topological polar surface area (TPSA) is 79.4 Å². The van der Waals surface area contributed by atoms with Gasteiger partial charge in [0.2, 0.25) is 0 Å².